The van der Waals surface area contributed by atoms with Gasteiger partial charge in [0, 0.05) is 32.0 Å². The lowest BCUT2D eigenvalue weighted by atomic mass is 10.0. The fourth-order valence-electron chi connectivity index (χ4n) is 3.00. The van der Waals surface area contributed by atoms with Gasteiger partial charge < -0.3 is 9.64 Å². The number of pyridine rings is 1. The van der Waals surface area contributed by atoms with Crippen molar-refractivity contribution < 1.29 is 14.3 Å². The molecule has 2 amide bonds. The molecule has 0 unspecified atom stereocenters. The minimum absolute atomic E-state index is 0.0167. The van der Waals surface area contributed by atoms with Crippen LogP contribution in [0.4, 0.5) is 4.79 Å². The number of carbonyl (C=O) groups is 2. The molecule has 6 heteroatoms. The topological polar surface area (TPSA) is 62.7 Å². The van der Waals surface area contributed by atoms with Crippen LogP contribution in [0.25, 0.3) is 0 Å². The van der Waals surface area contributed by atoms with Crippen LogP contribution < -0.4 is 0 Å². The average Bonchev–Trinajstić information content (AvgIpc) is 2.58. The van der Waals surface area contributed by atoms with Crippen LogP contribution in [0.15, 0.2) is 24.5 Å². The Morgan fingerprint density at radius 1 is 1.36 bits per heavy atom. The van der Waals surface area contributed by atoms with Crippen molar-refractivity contribution in [2.75, 3.05) is 13.1 Å². The van der Waals surface area contributed by atoms with E-state index in [2.05, 4.69) is 4.98 Å². The minimum atomic E-state index is -0.567. The van der Waals surface area contributed by atoms with Crippen LogP contribution in [-0.2, 0) is 16.1 Å². The molecule has 2 rings (SSSR count). The largest absolute Gasteiger partial charge is 0.444 e. The Hall–Kier alpha value is -2.11. The van der Waals surface area contributed by atoms with Crippen LogP contribution in [-0.4, -0.2) is 51.5 Å². The zero-order chi connectivity index (χ0) is 18.4. The summed E-state index contributed by atoms with van der Waals surface area (Å²) in [7, 11) is 0. The van der Waals surface area contributed by atoms with Gasteiger partial charge in [-0.2, -0.15) is 0 Å². The second-order valence-electron chi connectivity index (χ2n) is 7.40. The van der Waals surface area contributed by atoms with E-state index in [0.717, 1.165) is 18.4 Å². The molecule has 0 spiro atoms. The van der Waals surface area contributed by atoms with E-state index in [1.165, 1.54) is 0 Å². The number of amides is 2. The maximum atomic E-state index is 13.1. The summed E-state index contributed by atoms with van der Waals surface area (Å²) < 4.78 is 5.50. The lowest BCUT2D eigenvalue weighted by molar-refractivity contribution is -0.138. The van der Waals surface area contributed by atoms with Gasteiger partial charge in [0.25, 0.3) is 0 Å². The smallest absolute Gasteiger partial charge is 0.410 e. The van der Waals surface area contributed by atoms with Crippen molar-refractivity contribution in [1.29, 1.82) is 0 Å². The van der Waals surface area contributed by atoms with Gasteiger partial charge in [0.2, 0.25) is 5.91 Å². The third-order valence-corrected chi connectivity index (χ3v) is 4.21. The minimum Gasteiger partial charge on any atom is -0.444 e. The molecule has 1 fully saturated rings. The summed E-state index contributed by atoms with van der Waals surface area (Å²) in [6.07, 6.45) is 5.61. The van der Waals surface area contributed by atoms with Crippen molar-refractivity contribution in [2.45, 2.75) is 65.1 Å². The zero-order valence-corrected chi connectivity index (χ0v) is 15.7. The summed E-state index contributed by atoms with van der Waals surface area (Å²) in [4.78, 5) is 33.1. The molecule has 138 valence electrons. The van der Waals surface area contributed by atoms with E-state index in [-0.39, 0.29) is 5.91 Å². The molecule has 0 bridgehead atoms. The Morgan fingerprint density at radius 2 is 2.12 bits per heavy atom. The van der Waals surface area contributed by atoms with Crippen molar-refractivity contribution in [3.05, 3.63) is 30.1 Å². The van der Waals surface area contributed by atoms with E-state index in [9.17, 15) is 9.59 Å². The molecule has 1 saturated heterocycles. The monoisotopic (exact) mass is 347 g/mol. The Morgan fingerprint density at radius 3 is 2.72 bits per heavy atom. The highest BCUT2D eigenvalue weighted by atomic mass is 16.6. The van der Waals surface area contributed by atoms with Crippen LogP contribution in [0, 0.1) is 0 Å². The molecule has 0 saturated carbocycles. The van der Waals surface area contributed by atoms with Crippen molar-refractivity contribution in [1.82, 2.24) is 14.8 Å². The van der Waals surface area contributed by atoms with Crippen LogP contribution in [0.3, 0.4) is 0 Å². The first kappa shape index (κ1) is 19.2. The molecule has 0 N–H and O–H groups in total. The number of likely N-dealkylation sites (tertiary alicyclic amines) is 1. The van der Waals surface area contributed by atoms with Gasteiger partial charge in [0.05, 0.1) is 0 Å². The Kier molecular flexibility index (Phi) is 6.39. The van der Waals surface area contributed by atoms with Gasteiger partial charge in [-0.3, -0.25) is 14.7 Å². The van der Waals surface area contributed by atoms with E-state index in [0.29, 0.717) is 26.1 Å². The van der Waals surface area contributed by atoms with Crippen molar-refractivity contribution in [3.63, 3.8) is 0 Å². The fraction of sp³-hybridized carbons (Fsp3) is 0.632. The van der Waals surface area contributed by atoms with Gasteiger partial charge >= 0.3 is 6.09 Å². The molecule has 25 heavy (non-hydrogen) atoms. The predicted octanol–water partition coefficient (Wildman–Crippen LogP) is 3.22. The summed E-state index contributed by atoms with van der Waals surface area (Å²) >= 11 is 0. The summed E-state index contributed by atoms with van der Waals surface area (Å²) in [6, 6.07) is 3.37. The van der Waals surface area contributed by atoms with Crippen molar-refractivity contribution in [2.24, 2.45) is 0 Å². The molecule has 6 nitrogen and oxygen atoms in total. The molecule has 2 heterocycles. The number of aromatic nitrogens is 1. The number of ether oxygens (including phenoxy) is 1. The summed E-state index contributed by atoms with van der Waals surface area (Å²) in [5.74, 6) is -0.0167. The average molecular weight is 347 g/mol. The predicted molar refractivity (Wildman–Crippen MR) is 95.9 cm³/mol. The first-order valence-corrected chi connectivity index (χ1v) is 8.99. The van der Waals surface area contributed by atoms with E-state index >= 15 is 0 Å². The molecule has 0 aromatic carbocycles. The van der Waals surface area contributed by atoms with Crippen LogP contribution in [0.2, 0.25) is 0 Å². The second-order valence-corrected chi connectivity index (χ2v) is 7.40. The van der Waals surface area contributed by atoms with E-state index in [4.69, 9.17) is 4.74 Å². The standard InChI is InChI=1S/C19H29N3O3/c1-5-21(14-15-9-8-11-20-13-15)17(23)16-10-6-7-12-22(16)18(24)25-19(2,3)4/h8-9,11,13,16H,5-7,10,12,14H2,1-4H3/t16-/m1/s1. The maximum Gasteiger partial charge on any atom is 0.410 e. The van der Waals surface area contributed by atoms with Gasteiger partial charge in [0.15, 0.2) is 0 Å². The third-order valence-electron chi connectivity index (χ3n) is 4.21. The van der Waals surface area contributed by atoms with Crippen LogP contribution in [0.5, 0.6) is 0 Å². The summed E-state index contributed by atoms with van der Waals surface area (Å²) in [5, 5.41) is 0. The first-order chi connectivity index (χ1) is 11.8. The number of carbonyl (C=O) groups excluding carboxylic acids is 2. The molecular weight excluding hydrogens is 318 g/mol. The number of hydrogen-bond donors (Lipinski definition) is 0. The van der Waals surface area contributed by atoms with Gasteiger partial charge in [0.1, 0.15) is 11.6 Å². The molecule has 1 aliphatic heterocycles. The third kappa shape index (κ3) is 5.44. The number of nitrogens with zero attached hydrogens (tertiary/aromatic N) is 3. The molecule has 0 radical (unpaired) electrons. The van der Waals surface area contributed by atoms with Crippen molar-refractivity contribution >= 4 is 12.0 Å². The van der Waals surface area contributed by atoms with Gasteiger partial charge in [-0.05, 0) is 58.6 Å². The zero-order valence-electron chi connectivity index (χ0n) is 15.7. The number of hydrogen-bond acceptors (Lipinski definition) is 4. The summed E-state index contributed by atoms with van der Waals surface area (Å²) in [5.41, 5.74) is 0.416. The van der Waals surface area contributed by atoms with Gasteiger partial charge in [-0.1, -0.05) is 6.07 Å². The van der Waals surface area contributed by atoms with E-state index in [1.54, 1.807) is 22.2 Å². The summed E-state index contributed by atoms with van der Waals surface area (Å²) in [6.45, 7) is 9.13. The van der Waals surface area contributed by atoms with Crippen LogP contribution in [0.1, 0.15) is 52.5 Å². The van der Waals surface area contributed by atoms with Gasteiger partial charge in [-0.15, -0.1) is 0 Å². The van der Waals surface area contributed by atoms with Crippen molar-refractivity contribution in [3.8, 4) is 0 Å². The maximum absolute atomic E-state index is 13.1. The highest BCUT2D eigenvalue weighted by Crippen LogP contribution is 2.22. The number of piperidine rings is 1. The quantitative estimate of drug-likeness (QED) is 0.839. The Bertz CT molecular complexity index is 583. The molecule has 0 aliphatic carbocycles. The fourth-order valence-corrected chi connectivity index (χ4v) is 3.00. The molecule has 1 aliphatic rings. The van der Waals surface area contributed by atoms with Crippen LogP contribution >= 0.6 is 0 Å². The first-order valence-electron chi connectivity index (χ1n) is 8.99. The highest BCUT2D eigenvalue weighted by Gasteiger charge is 2.36. The SMILES string of the molecule is CCN(Cc1cccnc1)C(=O)[C@H]1CCCCN1C(=O)OC(C)(C)C. The highest BCUT2D eigenvalue weighted by molar-refractivity contribution is 5.86. The van der Waals surface area contributed by atoms with Gasteiger partial charge in [-0.25, -0.2) is 4.79 Å². The number of likely N-dealkylation sites (N-methyl/N-ethyl adjacent to an activating group) is 1. The van der Waals surface area contributed by atoms with E-state index < -0.39 is 17.7 Å². The molecular formula is C19H29N3O3. The van der Waals surface area contributed by atoms with E-state index in [1.807, 2.05) is 39.8 Å². The normalized spacial score (nSPS) is 17.9. The second kappa shape index (κ2) is 8.32. The lowest BCUT2D eigenvalue weighted by Gasteiger charge is -2.38. The Labute approximate surface area is 150 Å². The lowest BCUT2D eigenvalue weighted by Crippen LogP contribution is -2.53. The number of rotatable bonds is 4. The molecule has 1 aromatic heterocycles. The molecule has 1 atom stereocenters. The molecule has 1 aromatic rings. The Balaban J connectivity index is 2.11.